The Hall–Kier alpha value is -2.80. The molecule has 1 fully saturated rings. The van der Waals surface area contributed by atoms with Crippen LogP contribution in [0.4, 0.5) is 0 Å². The fourth-order valence-corrected chi connectivity index (χ4v) is 3.07. The van der Waals surface area contributed by atoms with E-state index in [0.717, 1.165) is 21.4 Å². The summed E-state index contributed by atoms with van der Waals surface area (Å²) >= 11 is 0. The second-order valence-electron chi connectivity index (χ2n) is 6.36. The van der Waals surface area contributed by atoms with Crippen LogP contribution < -0.4 is 22.5 Å². The summed E-state index contributed by atoms with van der Waals surface area (Å²) in [6, 6.07) is 1.01. The molecule has 5 N–H and O–H groups in total. The van der Waals surface area contributed by atoms with Gasteiger partial charge in [0, 0.05) is 24.0 Å². The molecule has 0 saturated carbocycles. The molecule has 0 bridgehead atoms. The first-order chi connectivity index (χ1) is 12.7. The molecular formula is C15H18N4O8. The molecule has 12 heteroatoms. The highest BCUT2D eigenvalue weighted by Crippen LogP contribution is 2.38. The summed E-state index contributed by atoms with van der Waals surface area (Å²) in [5, 5.41) is 31.0. The molecule has 1 saturated heterocycles. The van der Waals surface area contributed by atoms with Crippen molar-refractivity contribution in [3.8, 4) is 0 Å². The third-order valence-corrected chi connectivity index (χ3v) is 4.49. The van der Waals surface area contributed by atoms with Crippen LogP contribution in [0.5, 0.6) is 0 Å². The number of hydrogen-bond donors (Lipinski definition) is 5. The normalized spacial score (nSPS) is 27.8. The van der Waals surface area contributed by atoms with Crippen molar-refractivity contribution in [3.63, 3.8) is 0 Å². The molecule has 146 valence electrons. The van der Waals surface area contributed by atoms with Crippen LogP contribution in [-0.2, 0) is 11.3 Å². The van der Waals surface area contributed by atoms with Gasteiger partial charge < -0.3 is 20.1 Å². The highest BCUT2D eigenvalue weighted by Gasteiger charge is 2.56. The van der Waals surface area contributed by atoms with E-state index in [4.69, 9.17) is 4.74 Å². The standard InChI is InChI=1S/C15H18N4O8/c1-7-4-18(13(24)17-11(7)23)6-15(26)10(22)8(5-20)27-12(15)19-3-2-9(21)16-14(19)25/h2-4,8,10,12,20,22,26H,5-6H2,1H3,(H,16,21,25)(H,17,23,24)/t8-,10-,12-,15+/m1/s1. The minimum atomic E-state index is -2.23. The largest absolute Gasteiger partial charge is 0.394 e. The lowest BCUT2D eigenvalue weighted by molar-refractivity contribution is -0.120. The van der Waals surface area contributed by atoms with E-state index in [1.807, 2.05) is 4.98 Å². The first-order valence-corrected chi connectivity index (χ1v) is 7.96. The van der Waals surface area contributed by atoms with Gasteiger partial charge in [-0.25, -0.2) is 9.59 Å². The molecule has 2 aromatic heterocycles. The Balaban J connectivity index is 2.11. The predicted octanol–water partition coefficient (Wildman–Crippen LogP) is -3.62. The Bertz CT molecular complexity index is 1080. The van der Waals surface area contributed by atoms with Crippen molar-refractivity contribution < 1.29 is 20.1 Å². The summed E-state index contributed by atoms with van der Waals surface area (Å²) in [7, 11) is 0. The molecule has 3 rings (SSSR count). The predicted molar refractivity (Wildman–Crippen MR) is 89.3 cm³/mol. The zero-order chi connectivity index (χ0) is 19.9. The monoisotopic (exact) mass is 382 g/mol. The number of aliphatic hydroxyl groups excluding tert-OH is 2. The molecule has 0 amide bonds. The van der Waals surface area contributed by atoms with Gasteiger partial charge in [-0.3, -0.25) is 28.7 Å². The molecule has 1 aliphatic rings. The van der Waals surface area contributed by atoms with Crippen molar-refractivity contribution in [2.75, 3.05) is 6.61 Å². The number of H-pyrrole nitrogens is 2. The lowest BCUT2D eigenvalue weighted by atomic mass is 9.93. The quantitative estimate of drug-likeness (QED) is 0.359. The van der Waals surface area contributed by atoms with Gasteiger partial charge in [0.2, 0.25) is 0 Å². The van der Waals surface area contributed by atoms with E-state index in [-0.39, 0.29) is 5.56 Å². The Labute approximate surface area is 149 Å². The minimum Gasteiger partial charge on any atom is -0.394 e. The Morgan fingerprint density at radius 1 is 1.22 bits per heavy atom. The van der Waals surface area contributed by atoms with Gasteiger partial charge in [0.25, 0.3) is 11.1 Å². The van der Waals surface area contributed by atoms with Crippen LogP contribution in [0.25, 0.3) is 0 Å². The molecule has 0 unspecified atom stereocenters. The Morgan fingerprint density at radius 2 is 1.93 bits per heavy atom. The van der Waals surface area contributed by atoms with Gasteiger partial charge in [-0.2, -0.15) is 0 Å². The second kappa shape index (κ2) is 6.74. The summed E-state index contributed by atoms with van der Waals surface area (Å²) in [6.07, 6.45) is -2.20. The van der Waals surface area contributed by atoms with Gasteiger partial charge >= 0.3 is 11.4 Å². The Kier molecular flexibility index (Phi) is 4.73. The average molecular weight is 382 g/mol. The highest BCUT2D eigenvalue weighted by molar-refractivity contribution is 5.06. The smallest absolute Gasteiger partial charge is 0.330 e. The molecule has 4 atom stereocenters. The number of aromatic nitrogens is 4. The molecule has 0 aromatic carbocycles. The number of aryl methyl sites for hydroxylation is 1. The van der Waals surface area contributed by atoms with Crippen molar-refractivity contribution >= 4 is 0 Å². The van der Waals surface area contributed by atoms with Crippen LogP contribution in [0.15, 0.2) is 37.6 Å². The maximum absolute atomic E-state index is 12.1. The van der Waals surface area contributed by atoms with Crippen LogP contribution in [0.3, 0.4) is 0 Å². The molecule has 1 aliphatic heterocycles. The summed E-state index contributed by atoms with van der Waals surface area (Å²) < 4.78 is 7.20. The number of ether oxygens (including phenoxy) is 1. The fraction of sp³-hybridized carbons (Fsp3) is 0.467. The van der Waals surface area contributed by atoms with E-state index >= 15 is 0 Å². The zero-order valence-corrected chi connectivity index (χ0v) is 14.2. The van der Waals surface area contributed by atoms with Crippen LogP contribution >= 0.6 is 0 Å². The number of rotatable bonds is 4. The molecular weight excluding hydrogens is 364 g/mol. The van der Waals surface area contributed by atoms with Crippen LogP contribution in [0.2, 0.25) is 0 Å². The zero-order valence-electron chi connectivity index (χ0n) is 14.2. The molecule has 27 heavy (non-hydrogen) atoms. The topological polar surface area (TPSA) is 180 Å². The second-order valence-corrected chi connectivity index (χ2v) is 6.36. The van der Waals surface area contributed by atoms with Gasteiger partial charge in [-0.1, -0.05) is 0 Å². The Morgan fingerprint density at radius 3 is 2.56 bits per heavy atom. The lowest BCUT2D eigenvalue weighted by Gasteiger charge is -2.32. The molecule has 0 radical (unpaired) electrons. The molecule has 12 nitrogen and oxygen atoms in total. The third kappa shape index (κ3) is 3.19. The fourth-order valence-electron chi connectivity index (χ4n) is 3.07. The number of aromatic amines is 2. The van der Waals surface area contributed by atoms with Crippen LogP contribution in [0, 0.1) is 6.92 Å². The molecule has 2 aromatic rings. The van der Waals surface area contributed by atoms with Gasteiger partial charge in [-0.15, -0.1) is 0 Å². The van der Waals surface area contributed by atoms with E-state index in [9.17, 15) is 34.5 Å². The van der Waals surface area contributed by atoms with Crippen molar-refractivity contribution in [2.45, 2.75) is 37.5 Å². The van der Waals surface area contributed by atoms with Crippen molar-refractivity contribution in [1.29, 1.82) is 0 Å². The maximum Gasteiger partial charge on any atom is 0.330 e. The summed E-state index contributed by atoms with van der Waals surface area (Å²) in [5.41, 5.74) is -5.09. The van der Waals surface area contributed by atoms with Gasteiger partial charge in [-0.05, 0) is 6.92 Å². The highest BCUT2D eigenvalue weighted by atomic mass is 16.6. The average Bonchev–Trinajstić information content (AvgIpc) is 2.84. The molecule has 0 aliphatic carbocycles. The molecule has 0 spiro atoms. The van der Waals surface area contributed by atoms with Crippen molar-refractivity contribution in [2.24, 2.45) is 0 Å². The van der Waals surface area contributed by atoms with E-state index < -0.39 is 59.7 Å². The maximum atomic E-state index is 12.1. The first-order valence-electron chi connectivity index (χ1n) is 7.96. The molecule has 3 heterocycles. The number of nitrogens with zero attached hydrogens (tertiary/aromatic N) is 2. The third-order valence-electron chi connectivity index (χ3n) is 4.49. The lowest BCUT2D eigenvalue weighted by Crippen LogP contribution is -2.53. The van der Waals surface area contributed by atoms with Gasteiger partial charge in [0.1, 0.15) is 12.2 Å². The van der Waals surface area contributed by atoms with Crippen LogP contribution in [0.1, 0.15) is 11.8 Å². The summed E-state index contributed by atoms with van der Waals surface area (Å²) in [5.74, 6) is 0. The van der Waals surface area contributed by atoms with E-state index in [1.54, 1.807) is 0 Å². The SMILES string of the molecule is Cc1cn(C[C@]2(O)[C@H](O)[C@@H](CO)O[C@H]2n2ccc(=O)[nH]c2=O)c(=O)[nH]c1=O. The van der Waals surface area contributed by atoms with Gasteiger partial charge in [0.05, 0.1) is 13.2 Å². The number of aliphatic hydroxyl groups is 3. The van der Waals surface area contributed by atoms with Crippen molar-refractivity contribution in [1.82, 2.24) is 19.1 Å². The van der Waals surface area contributed by atoms with Crippen LogP contribution in [-0.4, -0.2) is 58.8 Å². The summed E-state index contributed by atoms with van der Waals surface area (Å²) in [6.45, 7) is 0.218. The van der Waals surface area contributed by atoms with Crippen molar-refractivity contribution in [3.05, 3.63) is 65.7 Å². The van der Waals surface area contributed by atoms with Gasteiger partial charge in [0.15, 0.2) is 11.8 Å². The number of nitrogens with one attached hydrogen (secondary N) is 2. The van der Waals surface area contributed by atoms with E-state index in [2.05, 4.69) is 4.98 Å². The number of hydrogen-bond acceptors (Lipinski definition) is 8. The van der Waals surface area contributed by atoms with E-state index in [1.165, 1.54) is 13.1 Å². The van der Waals surface area contributed by atoms with E-state index in [0.29, 0.717) is 0 Å². The summed E-state index contributed by atoms with van der Waals surface area (Å²) in [4.78, 5) is 51.0. The first kappa shape index (κ1) is 19.0. The minimum absolute atomic E-state index is 0.183.